The quantitative estimate of drug-likeness (QED) is 0.720. The van der Waals surface area contributed by atoms with Crippen LogP contribution in [-0.2, 0) is 6.54 Å². The second kappa shape index (κ2) is 3.53. The van der Waals surface area contributed by atoms with Crippen LogP contribution in [0.2, 0.25) is 0 Å². The van der Waals surface area contributed by atoms with Crippen LogP contribution in [0.4, 0.5) is 0 Å². The van der Waals surface area contributed by atoms with Gasteiger partial charge in [0.05, 0.1) is 6.20 Å². The largest absolute Gasteiger partial charge is 0.361 e. The van der Waals surface area contributed by atoms with Gasteiger partial charge in [-0.15, -0.1) is 0 Å². The molecule has 0 spiro atoms. The second-order valence-electron chi connectivity index (χ2n) is 2.73. The van der Waals surface area contributed by atoms with E-state index in [0.29, 0.717) is 12.5 Å². The molecule has 0 fully saturated rings. The summed E-state index contributed by atoms with van der Waals surface area (Å²) in [6.07, 6.45) is 2.75. The van der Waals surface area contributed by atoms with E-state index in [4.69, 9.17) is 10.3 Å². The number of nitrogens with two attached hydrogens (primary N) is 1. The zero-order valence-electron chi connectivity index (χ0n) is 7.00. The molecule has 0 amide bonds. The molecule has 1 aromatic rings. The molecule has 1 rings (SSSR count). The van der Waals surface area contributed by atoms with Crippen molar-refractivity contribution in [3.8, 4) is 0 Å². The normalized spacial score (nSPS) is 13.4. The van der Waals surface area contributed by atoms with E-state index >= 15 is 0 Å². The SMILES string of the molecule is CCC(C)c1oncc1CN. The van der Waals surface area contributed by atoms with Crippen LogP contribution < -0.4 is 5.73 Å². The third kappa shape index (κ3) is 1.60. The molecule has 1 heterocycles. The van der Waals surface area contributed by atoms with Gasteiger partial charge in [0, 0.05) is 18.0 Å². The van der Waals surface area contributed by atoms with E-state index in [2.05, 4.69) is 19.0 Å². The Labute approximate surface area is 66.6 Å². The van der Waals surface area contributed by atoms with Crippen LogP contribution in [0.3, 0.4) is 0 Å². The summed E-state index contributed by atoms with van der Waals surface area (Å²) in [5.41, 5.74) is 6.51. The van der Waals surface area contributed by atoms with Crippen LogP contribution in [0, 0.1) is 0 Å². The Kier molecular flexibility index (Phi) is 2.65. The molecule has 0 saturated heterocycles. The van der Waals surface area contributed by atoms with Crippen molar-refractivity contribution in [2.45, 2.75) is 32.7 Å². The Morgan fingerprint density at radius 1 is 1.73 bits per heavy atom. The highest BCUT2D eigenvalue weighted by atomic mass is 16.5. The van der Waals surface area contributed by atoms with Crippen molar-refractivity contribution < 1.29 is 4.52 Å². The van der Waals surface area contributed by atoms with Crippen LogP contribution in [-0.4, -0.2) is 5.16 Å². The van der Waals surface area contributed by atoms with Crippen LogP contribution in [0.1, 0.15) is 37.5 Å². The number of hydrogen-bond acceptors (Lipinski definition) is 3. The molecule has 0 aliphatic heterocycles. The van der Waals surface area contributed by atoms with Crippen molar-refractivity contribution in [1.29, 1.82) is 0 Å². The van der Waals surface area contributed by atoms with Crippen LogP contribution in [0.15, 0.2) is 10.7 Å². The van der Waals surface area contributed by atoms with Gasteiger partial charge in [-0.25, -0.2) is 0 Å². The zero-order chi connectivity index (χ0) is 8.27. The molecule has 0 aromatic carbocycles. The smallest absolute Gasteiger partial charge is 0.143 e. The maximum atomic E-state index is 5.49. The van der Waals surface area contributed by atoms with Gasteiger partial charge in [-0.2, -0.15) is 0 Å². The predicted octanol–water partition coefficient (Wildman–Crippen LogP) is 1.65. The van der Waals surface area contributed by atoms with Gasteiger partial charge < -0.3 is 10.3 Å². The molecule has 0 saturated carbocycles. The summed E-state index contributed by atoms with van der Waals surface area (Å²) in [5, 5.41) is 3.71. The van der Waals surface area contributed by atoms with Crippen LogP contribution >= 0.6 is 0 Å². The van der Waals surface area contributed by atoms with E-state index in [-0.39, 0.29) is 0 Å². The minimum atomic E-state index is 0.427. The van der Waals surface area contributed by atoms with E-state index in [1.54, 1.807) is 6.20 Å². The first-order valence-corrected chi connectivity index (χ1v) is 3.93. The van der Waals surface area contributed by atoms with Crippen LogP contribution in [0.25, 0.3) is 0 Å². The average molecular weight is 154 g/mol. The predicted molar refractivity (Wildman–Crippen MR) is 43.1 cm³/mol. The fraction of sp³-hybridized carbons (Fsp3) is 0.625. The molecular formula is C8H14N2O. The van der Waals surface area contributed by atoms with Gasteiger partial charge in [-0.3, -0.25) is 0 Å². The van der Waals surface area contributed by atoms with Gasteiger partial charge in [0.15, 0.2) is 0 Å². The number of aromatic nitrogens is 1. The molecular weight excluding hydrogens is 140 g/mol. The van der Waals surface area contributed by atoms with Gasteiger partial charge in [0.1, 0.15) is 5.76 Å². The lowest BCUT2D eigenvalue weighted by Gasteiger charge is -2.04. The monoisotopic (exact) mass is 154 g/mol. The van der Waals surface area contributed by atoms with E-state index < -0.39 is 0 Å². The van der Waals surface area contributed by atoms with Gasteiger partial charge in [-0.1, -0.05) is 19.0 Å². The summed E-state index contributed by atoms with van der Waals surface area (Å²) in [5.74, 6) is 1.37. The summed E-state index contributed by atoms with van der Waals surface area (Å²) in [7, 11) is 0. The summed E-state index contributed by atoms with van der Waals surface area (Å²) in [6, 6.07) is 0. The van der Waals surface area contributed by atoms with Crippen molar-refractivity contribution in [3.63, 3.8) is 0 Å². The van der Waals surface area contributed by atoms with Gasteiger partial charge >= 0.3 is 0 Å². The maximum Gasteiger partial charge on any atom is 0.143 e. The molecule has 0 aliphatic carbocycles. The topological polar surface area (TPSA) is 52.0 Å². The summed E-state index contributed by atoms with van der Waals surface area (Å²) >= 11 is 0. The second-order valence-corrected chi connectivity index (χ2v) is 2.73. The van der Waals surface area contributed by atoms with Gasteiger partial charge in [0.2, 0.25) is 0 Å². The Morgan fingerprint density at radius 2 is 2.45 bits per heavy atom. The molecule has 62 valence electrons. The third-order valence-electron chi connectivity index (χ3n) is 1.96. The lowest BCUT2D eigenvalue weighted by atomic mass is 10.0. The molecule has 1 atom stereocenters. The average Bonchev–Trinajstić information content (AvgIpc) is 2.50. The highest BCUT2D eigenvalue weighted by Gasteiger charge is 2.12. The molecule has 1 unspecified atom stereocenters. The Hall–Kier alpha value is -0.830. The van der Waals surface area contributed by atoms with Gasteiger partial charge in [0.25, 0.3) is 0 Å². The minimum Gasteiger partial charge on any atom is -0.361 e. The molecule has 0 aliphatic rings. The first-order chi connectivity index (χ1) is 5.29. The first-order valence-electron chi connectivity index (χ1n) is 3.93. The number of nitrogens with zero attached hydrogens (tertiary/aromatic N) is 1. The van der Waals surface area contributed by atoms with E-state index in [1.807, 2.05) is 0 Å². The summed E-state index contributed by atoms with van der Waals surface area (Å²) in [4.78, 5) is 0. The molecule has 11 heavy (non-hydrogen) atoms. The Balaban J connectivity index is 2.83. The molecule has 1 aromatic heterocycles. The molecule has 2 N–H and O–H groups in total. The minimum absolute atomic E-state index is 0.427. The molecule has 3 nitrogen and oxygen atoms in total. The Bertz CT molecular complexity index is 220. The third-order valence-corrected chi connectivity index (χ3v) is 1.96. The lowest BCUT2D eigenvalue weighted by molar-refractivity contribution is 0.361. The number of rotatable bonds is 3. The first kappa shape index (κ1) is 8.27. The fourth-order valence-electron chi connectivity index (χ4n) is 1.01. The zero-order valence-corrected chi connectivity index (χ0v) is 7.00. The molecule has 0 radical (unpaired) electrons. The van der Waals surface area contributed by atoms with E-state index in [9.17, 15) is 0 Å². The highest BCUT2D eigenvalue weighted by molar-refractivity contribution is 5.16. The lowest BCUT2D eigenvalue weighted by Crippen LogP contribution is -2.00. The van der Waals surface area contributed by atoms with E-state index in [1.165, 1.54) is 0 Å². The molecule has 0 bridgehead atoms. The standard InChI is InChI=1S/C8H14N2O/c1-3-6(2)8-7(4-9)5-10-11-8/h5-6H,3-4,9H2,1-2H3. The fourth-order valence-corrected chi connectivity index (χ4v) is 1.01. The van der Waals surface area contributed by atoms with Gasteiger partial charge in [-0.05, 0) is 6.42 Å². The van der Waals surface area contributed by atoms with Crippen molar-refractivity contribution in [2.24, 2.45) is 5.73 Å². The highest BCUT2D eigenvalue weighted by Crippen LogP contribution is 2.21. The van der Waals surface area contributed by atoms with E-state index in [0.717, 1.165) is 17.7 Å². The Morgan fingerprint density at radius 3 is 3.00 bits per heavy atom. The van der Waals surface area contributed by atoms with Crippen molar-refractivity contribution >= 4 is 0 Å². The maximum absolute atomic E-state index is 5.49. The summed E-state index contributed by atoms with van der Waals surface area (Å²) in [6.45, 7) is 4.75. The van der Waals surface area contributed by atoms with Crippen molar-refractivity contribution in [3.05, 3.63) is 17.5 Å². The molecule has 3 heteroatoms. The summed E-state index contributed by atoms with van der Waals surface area (Å²) < 4.78 is 5.08. The van der Waals surface area contributed by atoms with Crippen molar-refractivity contribution in [2.75, 3.05) is 0 Å². The van der Waals surface area contributed by atoms with Crippen molar-refractivity contribution in [1.82, 2.24) is 5.16 Å². The number of hydrogen-bond donors (Lipinski definition) is 1. The van der Waals surface area contributed by atoms with Crippen LogP contribution in [0.5, 0.6) is 0 Å².